The summed E-state index contributed by atoms with van der Waals surface area (Å²) in [5, 5.41) is 7.88. The fourth-order valence-electron chi connectivity index (χ4n) is 3.08. The van der Waals surface area contributed by atoms with Crippen molar-refractivity contribution in [3.63, 3.8) is 0 Å². The van der Waals surface area contributed by atoms with Crippen molar-refractivity contribution in [2.45, 2.75) is 36.2 Å². The Morgan fingerprint density at radius 1 is 1.35 bits per heavy atom. The lowest BCUT2D eigenvalue weighted by Crippen LogP contribution is -2.26. The normalized spacial score (nSPS) is 26.9. The topological polar surface area (TPSA) is 57.9 Å². The molecule has 0 aliphatic carbocycles. The Kier molecular flexibility index (Phi) is 3.14. The maximum atomic E-state index is 14.0. The van der Waals surface area contributed by atoms with Crippen molar-refractivity contribution in [2.24, 2.45) is 0 Å². The molecule has 1 fully saturated rings. The quantitative estimate of drug-likeness (QED) is 0.841. The highest BCUT2D eigenvalue weighted by Crippen LogP contribution is 2.41. The van der Waals surface area contributed by atoms with Crippen LogP contribution in [-0.2, 0) is 16.3 Å². The maximum Gasteiger partial charge on any atom is 0.159 e. The van der Waals surface area contributed by atoms with E-state index in [9.17, 15) is 12.8 Å². The molecule has 2 aliphatic rings. The van der Waals surface area contributed by atoms with Crippen LogP contribution in [0.2, 0.25) is 0 Å². The third-order valence-electron chi connectivity index (χ3n) is 4.15. The van der Waals surface area contributed by atoms with Crippen LogP contribution in [0.5, 0.6) is 0 Å². The molecule has 0 radical (unpaired) electrons. The van der Waals surface area contributed by atoms with Gasteiger partial charge in [0.2, 0.25) is 0 Å². The van der Waals surface area contributed by atoms with Crippen molar-refractivity contribution in [3.8, 4) is 6.07 Å². The van der Waals surface area contributed by atoms with Crippen molar-refractivity contribution < 1.29 is 12.8 Å². The Balaban J connectivity index is 2.03. The van der Waals surface area contributed by atoms with Crippen molar-refractivity contribution in [1.29, 1.82) is 5.26 Å². The Morgan fingerprint density at radius 2 is 2.15 bits per heavy atom. The number of hydrogen-bond acceptors (Lipinski definition) is 3. The summed E-state index contributed by atoms with van der Waals surface area (Å²) < 4.78 is 38.0. The standard InChI is InChI=1S/C15H14FNO2S/c16-15-4-1-10(5-6-17)7-14(15)11-8-12-2-3-13(9-11)20(12,18)19/h1,4,7-8,12-13H,2-3,5,9H2. The third-order valence-corrected chi connectivity index (χ3v) is 6.70. The number of fused-ring (bicyclic) bond motifs is 2. The van der Waals surface area contributed by atoms with E-state index in [0.717, 1.165) is 11.1 Å². The average molecular weight is 291 g/mol. The predicted octanol–water partition coefficient (Wildman–Crippen LogP) is 2.62. The molecule has 0 spiro atoms. The Morgan fingerprint density at radius 3 is 2.85 bits per heavy atom. The summed E-state index contributed by atoms with van der Waals surface area (Å²) in [6.07, 6.45) is 3.60. The molecule has 0 saturated carbocycles. The molecule has 2 aliphatic heterocycles. The van der Waals surface area contributed by atoms with Crippen molar-refractivity contribution in [1.82, 2.24) is 0 Å². The van der Waals surface area contributed by atoms with Gasteiger partial charge in [0.1, 0.15) is 5.82 Å². The first-order valence-corrected chi connectivity index (χ1v) is 8.22. The molecular weight excluding hydrogens is 277 g/mol. The molecule has 1 aromatic rings. The second kappa shape index (κ2) is 4.71. The van der Waals surface area contributed by atoms with Gasteiger partial charge in [0.05, 0.1) is 23.0 Å². The van der Waals surface area contributed by atoms with Crippen LogP contribution in [-0.4, -0.2) is 18.9 Å². The molecule has 3 nitrogen and oxygen atoms in total. The van der Waals surface area contributed by atoms with Crippen LogP contribution < -0.4 is 0 Å². The van der Waals surface area contributed by atoms with Gasteiger partial charge in [-0.2, -0.15) is 5.26 Å². The lowest BCUT2D eigenvalue weighted by molar-refractivity contribution is 0.584. The molecule has 2 bridgehead atoms. The SMILES string of the molecule is N#CCc1ccc(F)c(C2=CC3CCC(C2)S3(=O)=O)c1. The van der Waals surface area contributed by atoms with E-state index >= 15 is 0 Å². The van der Waals surface area contributed by atoms with Gasteiger partial charge in [-0.15, -0.1) is 0 Å². The molecule has 2 atom stereocenters. The zero-order valence-corrected chi connectivity index (χ0v) is 11.7. The first-order chi connectivity index (χ1) is 9.52. The fourth-order valence-corrected chi connectivity index (χ4v) is 5.27. The van der Waals surface area contributed by atoms with Gasteiger partial charge in [0.25, 0.3) is 0 Å². The van der Waals surface area contributed by atoms with Gasteiger partial charge >= 0.3 is 0 Å². The molecule has 104 valence electrons. The zero-order chi connectivity index (χ0) is 14.3. The monoisotopic (exact) mass is 291 g/mol. The van der Waals surface area contributed by atoms with E-state index in [2.05, 4.69) is 0 Å². The molecule has 2 unspecified atom stereocenters. The molecule has 0 aromatic heterocycles. The van der Waals surface area contributed by atoms with Gasteiger partial charge in [-0.1, -0.05) is 12.1 Å². The van der Waals surface area contributed by atoms with Gasteiger partial charge in [-0.3, -0.25) is 0 Å². The van der Waals surface area contributed by atoms with Crippen LogP contribution in [0, 0.1) is 17.1 Å². The summed E-state index contributed by atoms with van der Waals surface area (Å²) in [6.45, 7) is 0. The number of allylic oxidation sites excluding steroid dienone is 1. The summed E-state index contributed by atoms with van der Waals surface area (Å²) in [4.78, 5) is 0. The largest absolute Gasteiger partial charge is 0.228 e. The van der Waals surface area contributed by atoms with E-state index in [1.807, 2.05) is 6.07 Å². The fraction of sp³-hybridized carbons (Fsp3) is 0.400. The second-order valence-electron chi connectivity index (χ2n) is 5.37. The smallest absolute Gasteiger partial charge is 0.159 e. The summed E-state index contributed by atoms with van der Waals surface area (Å²) >= 11 is 0. The molecule has 1 saturated heterocycles. The highest BCUT2D eigenvalue weighted by Gasteiger charge is 2.43. The van der Waals surface area contributed by atoms with Gasteiger partial charge in [0, 0.05) is 5.56 Å². The van der Waals surface area contributed by atoms with Crippen LogP contribution in [0.1, 0.15) is 30.4 Å². The van der Waals surface area contributed by atoms with E-state index < -0.39 is 15.1 Å². The van der Waals surface area contributed by atoms with Gasteiger partial charge in [-0.25, -0.2) is 12.8 Å². The number of hydrogen-bond donors (Lipinski definition) is 0. The van der Waals surface area contributed by atoms with E-state index in [1.54, 1.807) is 18.2 Å². The van der Waals surface area contributed by atoms with E-state index in [4.69, 9.17) is 5.26 Å². The minimum Gasteiger partial charge on any atom is -0.228 e. The molecule has 2 heterocycles. The van der Waals surface area contributed by atoms with Crippen LogP contribution in [0.25, 0.3) is 5.57 Å². The number of rotatable bonds is 2. The van der Waals surface area contributed by atoms with Gasteiger partial charge in [-0.05, 0) is 42.5 Å². The highest BCUT2D eigenvalue weighted by atomic mass is 32.2. The minimum atomic E-state index is -3.05. The maximum absolute atomic E-state index is 14.0. The summed E-state index contributed by atoms with van der Waals surface area (Å²) in [6, 6.07) is 6.66. The summed E-state index contributed by atoms with van der Waals surface area (Å²) in [5.41, 5.74) is 1.97. The van der Waals surface area contributed by atoms with Gasteiger partial charge in [0.15, 0.2) is 9.84 Å². The van der Waals surface area contributed by atoms with Gasteiger partial charge < -0.3 is 0 Å². The predicted molar refractivity (Wildman–Crippen MR) is 74.0 cm³/mol. The average Bonchev–Trinajstić information content (AvgIpc) is 2.61. The molecule has 0 amide bonds. The summed E-state index contributed by atoms with van der Waals surface area (Å²) in [7, 11) is -3.05. The minimum absolute atomic E-state index is 0.228. The first-order valence-electron chi connectivity index (χ1n) is 6.61. The van der Waals surface area contributed by atoms with E-state index in [0.29, 0.717) is 24.8 Å². The molecule has 1 aromatic carbocycles. The van der Waals surface area contributed by atoms with Crippen molar-refractivity contribution in [3.05, 3.63) is 41.2 Å². The molecular formula is C15H14FNO2S. The first kappa shape index (κ1) is 13.3. The third kappa shape index (κ3) is 2.04. The van der Waals surface area contributed by atoms with Crippen LogP contribution in [0.4, 0.5) is 4.39 Å². The molecule has 20 heavy (non-hydrogen) atoms. The van der Waals surface area contributed by atoms with E-state index in [1.165, 1.54) is 6.07 Å². The molecule has 3 rings (SSSR count). The summed E-state index contributed by atoms with van der Waals surface area (Å²) in [5.74, 6) is -0.350. The van der Waals surface area contributed by atoms with Crippen LogP contribution in [0.3, 0.4) is 0 Å². The number of halogens is 1. The molecule has 5 heteroatoms. The van der Waals surface area contributed by atoms with E-state index in [-0.39, 0.29) is 17.5 Å². The second-order valence-corrected chi connectivity index (χ2v) is 7.82. The van der Waals surface area contributed by atoms with Crippen molar-refractivity contribution in [2.75, 3.05) is 0 Å². The van der Waals surface area contributed by atoms with Crippen LogP contribution in [0.15, 0.2) is 24.3 Å². The number of sulfone groups is 1. The number of nitriles is 1. The number of benzene rings is 1. The zero-order valence-electron chi connectivity index (χ0n) is 10.8. The Bertz CT molecular complexity index is 731. The molecule has 0 N–H and O–H groups in total. The van der Waals surface area contributed by atoms with Crippen molar-refractivity contribution >= 4 is 15.4 Å². The lowest BCUT2D eigenvalue weighted by Gasteiger charge is -2.21. The highest BCUT2D eigenvalue weighted by molar-refractivity contribution is 7.93. The number of nitrogens with zero attached hydrogens (tertiary/aromatic N) is 1. The lowest BCUT2D eigenvalue weighted by atomic mass is 9.97. The van der Waals surface area contributed by atoms with Crippen LogP contribution >= 0.6 is 0 Å². The Labute approximate surface area is 117 Å². The Hall–Kier alpha value is -1.67.